The smallest absolute Gasteiger partial charge is 0.433 e. The highest BCUT2D eigenvalue weighted by molar-refractivity contribution is 7.13. The monoisotopic (exact) mass is 367 g/mol. The zero-order valence-electron chi connectivity index (χ0n) is 13.7. The molecular formula is C18H16F3NO2S. The molecule has 0 aliphatic rings. The number of pyridine rings is 1. The molecule has 3 rings (SSSR count). The summed E-state index contributed by atoms with van der Waals surface area (Å²) in [6, 6.07) is 7.89. The Morgan fingerprint density at radius 3 is 2.28 bits per heavy atom. The molecule has 0 amide bonds. The van der Waals surface area contributed by atoms with E-state index < -0.39 is 11.9 Å². The third-order valence-electron chi connectivity index (χ3n) is 3.55. The van der Waals surface area contributed by atoms with E-state index in [0.29, 0.717) is 35.7 Å². The molecule has 132 valence electrons. The molecule has 0 saturated carbocycles. The zero-order valence-corrected chi connectivity index (χ0v) is 14.5. The van der Waals surface area contributed by atoms with Gasteiger partial charge in [0.05, 0.1) is 18.7 Å². The number of nitrogens with zero attached hydrogens (tertiary/aromatic N) is 1. The first-order chi connectivity index (χ1) is 11.9. The van der Waals surface area contributed by atoms with Crippen LogP contribution in [0, 0.1) is 0 Å². The van der Waals surface area contributed by atoms with E-state index in [4.69, 9.17) is 9.47 Å². The SMILES string of the molecule is CCOc1cc2nc(C(F)(F)F)cc(-c3cccs3)c2cc1OCC. The molecule has 0 fully saturated rings. The lowest BCUT2D eigenvalue weighted by Crippen LogP contribution is -2.08. The van der Waals surface area contributed by atoms with Gasteiger partial charge in [0, 0.05) is 21.9 Å². The molecular weight excluding hydrogens is 351 g/mol. The number of alkyl halides is 3. The Kier molecular flexibility index (Phi) is 4.85. The Morgan fingerprint density at radius 2 is 1.72 bits per heavy atom. The highest BCUT2D eigenvalue weighted by Crippen LogP contribution is 2.40. The Balaban J connectivity index is 2.31. The molecule has 0 atom stereocenters. The lowest BCUT2D eigenvalue weighted by atomic mass is 10.0. The van der Waals surface area contributed by atoms with Crippen LogP contribution in [0.1, 0.15) is 19.5 Å². The standard InChI is InChI=1S/C18H16F3NO2S/c1-3-23-14-8-11-12(16-6-5-7-25-16)9-17(18(19,20)21)22-13(11)10-15(14)24-4-2/h5-10H,3-4H2,1-2H3. The lowest BCUT2D eigenvalue weighted by Gasteiger charge is -2.15. The summed E-state index contributed by atoms with van der Waals surface area (Å²) in [4.78, 5) is 4.55. The molecule has 0 N–H and O–H groups in total. The van der Waals surface area contributed by atoms with E-state index in [1.54, 1.807) is 25.1 Å². The van der Waals surface area contributed by atoms with Crippen LogP contribution in [0.2, 0.25) is 0 Å². The van der Waals surface area contributed by atoms with Crippen molar-refractivity contribution in [3.05, 3.63) is 41.4 Å². The summed E-state index contributed by atoms with van der Waals surface area (Å²) in [5.41, 5.74) is -0.212. The van der Waals surface area contributed by atoms with E-state index in [9.17, 15) is 13.2 Å². The number of aromatic nitrogens is 1. The number of fused-ring (bicyclic) bond motifs is 1. The molecule has 0 unspecified atom stereocenters. The van der Waals surface area contributed by atoms with Crippen LogP contribution in [0.4, 0.5) is 13.2 Å². The van der Waals surface area contributed by atoms with Gasteiger partial charge in [0.15, 0.2) is 11.5 Å². The molecule has 3 nitrogen and oxygen atoms in total. The summed E-state index contributed by atoms with van der Waals surface area (Å²) >= 11 is 1.38. The number of thiophene rings is 1. The van der Waals surface area contributed by atoms with Gasteiger partial charge in [-0.2, -0.15) is 13.2 Å². The van der Waals surface area contributed by atoms with E-state index in [2.05, 4.69) is 4.98 Å². The molecule has 25 heavy (non-hydrogen) atoms. The molecule has 0 aliphatic carbocycles. The van der Waals surface area contributed by atoms with E-state index in [0.717, 1.165) is 10.9 Å². The highest BCUT2D eigenvalue weighted by atomic mass is 32.1. The molecule has 0 aliphatic heterocycles. The van der Waals surface area contributed by atoms with Crippen molar-refractivity contribution in [2.24, 2.45) is 0 Å². The van der Waals surface area contributed by atoms with Crippen LogP contribution in [0.25, 0.3) is 21.3 Å². The second kappa shape index (κ2) is 6.92. The van der Waals surface area contributed by atoms with Crippen LogP contribution in [0.3, 0.4) is 0 Å². The maximum absolute atomic E-state index is 13.3. The number of rotatable bonds is 5. The molecule has 3 aromatic rings. The first-order valence-corrected chi connectivity index (χ1v) is 8.67. The van der Waals surface area contributed by atoms with Gasteiger partial charge in [0.2, 0.25) is 0 Å². The predicted octanol–water partition coefficient (Wildman–Crippen LogP) is 5.78. The summed E-state index contributed by atoms with van der Waals surface area (Å²) in [7, 11) is 0. The third-order valence-corrected chi connectivity index (χ3v) is 4.45. The molecule has 0 radical (unpaired) electrons. The van der Waals surface area contributed by atoms with E-state index in [-0.39, 0.29) is 5.52 Å². The van der Waals surface area contributed by atoms with Gasteiger partial charge in [-0.25, -0.2) is 4.98 Å². The van der Waals surface area contributed by atoms with Gasteiger partial charge in [0.1, 0.15) is 5.69 Å². The predicted molar refractivity (Wildman–Crippen MR) is 92.4 cm³/mol. The topological polar surface area (TPSA) is 31.4 Å². The number of halogens is 3. The average Bonchev–Trinajstić information content (AvgIpc) is 3.08. The summed E-state index contributed by atoms with van der Waals surface area (Å²) in [5.74, 6) is 0.886. The minimum atomic E-state index is -4.52. The van der Waals surface area contributed by atoms with Gasteiger partial charge in [-0.15, -0.1) is 11.3 Å². The van der Waals surface area contributed by atoms with Crippen molar-refractivity contribution in [1.29, 1.82) is 0 Å². The lowest BCUT2D eigenvalue weighted by molar-refractivity contribution is -0.140. The summed E-state index contributed by atoms with van der Waals surface area (Å²) in [6.45, 7) is 4.44. The maximum atomic E-state index is 13.3. The number of ether oxygens (including phenoxy) is 2. The average molecular weight is 367 g/mol. The number of hydrogen-bond donors (Lipinski definition) is 0. The van der Waals surface area contributed by atoms with Crippen molar-refractivity contribution < 1.29 is 22.6 Å². The molecule has 0 bridgehead atoms. The minimum absolute atomic E-state index is 0.227. The molecule has 0 spiro atoms. The van der Waals surface area contributed by atoms with Crippen molar-refractivity contribution >= 4 is 22.2 Å². The van der Waals surface area contributed by atoms with Crippen LogP contribution < -0.4 is 9.47 Å². The van der Waals surface area contributed by atoms with Crippen LogP contribution in [-0.4, -0.2) is 18.2 Å². The van der Waals surface area contributed by atoms with Gasteiger partial charge < -0.3 is 9.47 Å². The van der Waals surface area contributed by atoms with E-state index in [1.807, 2.05) is 12.3 Å². The van der Waals surface area contributed by atoms with E-state index in [1.165, 1.54) is 17.4 Å². The van der Waals surface area contributed by atoms with Gasteiger partial charge in [-0.05, 0) is 37.4 Å². The summed E-state index contributed by atoms with van der Waals surface area (Å²) in [5, 5.41) is 2.43. The summed E-state index contributed by atoms with van der Waals surface area (Å²) in [6.07, 6.45) is -4.52. The zero-order chi connectivity index (χ0) is 18.0. The van der Waals surface area contributed by atoms with Crippen molar-refractivity contribution in [1.82, 2.24) is 4.98 Å². The summed E-state index contributed by atoms with van der Waals surface area (Å²) < 4.78 is 50.9. The van der Waals surface area contributed by atoms with Crippen molar-refractivity contribution in [3.8, 4) is 21.9 Å². The molecule has 0 saturated heterocycles. The number of hydrogen-bond acceptors (Lipinski definition) is 4. The second-order valence-electron chi connectivity index (χ2n) is 5.21. The first-order valence-electron chi connectivity index (χ1n) is 7.79. The third kappa shape index (κ3) is 3.56. The van der Waals surface area contributed by atoms with Crippen molar-refractivity contribution in [2.75, 3.05) is 13.2 Å². The van der Waals surface area contributed by atoms with Crippen molar-refractivity contribution in [3.63, 3.8) is 0 Å². The minimum Gasteiger partial charge on any atom is -0.490 e. The maximum Gasteiger partial charge on any atom is 0.433 e. The van der Waals surface area contributed by atoms with Crippen molar-refractivity contribution in [2.45, 2.75) is 20.0 Å². The van der Waals surface area contributed by atoms with Gasteiger partial charge in [-0.1, -0.05) is 6.07 Å². The highest BCUT2D eigenvalue weighted by Gasteiger charge is 2.33. The fourth-order valence-corrected chi connectivity index (χ4v) is 3.31. The fraction of sp³-hybridized carbons (Fsp3) is 0.278. The molecule has 2 heterocycles. The quantitative estimate of drug-likeness (QED) is 0.573. The largest absolute Gasteiger partial charge is 0.490 e. The van der Waals surface area contributed by atoms with Gasteiger partial charge in [0.25, 0.3) is 0 Å². The molecule has 1 aromatic carbocycles. The van der Waals surface area contributed by atoms with Crippen LogP contribution in [-0.2, 0) is 6.18 Å². The fourth-order valence-electron chi connectivity index (χ4n) is 2.55. The molecule has 7 heteroatoms. The van der Waals surface area contributed by atoms with Crippen LogP contribution >= 0.6 is 11.3 Å². The van der Waals surface area contributed by atoms with Gasteiger partial charge in [-0.3, -0.25) is 0 Å². The Hall–Kier alpha value is -2.28. The van der Waals surface area contributed by atoms with Gasteiger partial charge >= 0.3 is 6.18 Å². The second-order valence-corrected chi connectivity index (χ2v) is 6.16. The van der Waals surface area contributed by atoms with Crippen LogP contribution in [0.15, 0.2) is 35.7 Å². The Bertz CT molecular complexity index is 876. The first kappa shape index (κ1) is 17.5. The normalized spacial score (nSPS) is 11.7. The van der Waals surface area contributed by atoms with E-state index >= 15 is 0 Å². The Labute approximate surface area is 147 Å². The van der Waals surface area contributed by atoms with Crippen LogP contribution in [0.5, 0.6) is 11.5 Å². The molecule has 2 aromatic heterocycles. The Morgan fingerprint density at radius 1 is 1.04 bits per heavy atom. The number of benzene rings is 1.